The van der Waals surface area contributed by atoms with Gasteiger partial charge in [-0.1, -0.05) is 54.6 Å². The van der Waals surface area contributed by atoms with Gasteiger partial charge in [-0.25, -0.2) is 0 Å². The molecule has 0 unspecified atom stereocenters. The van der Waals surface area contributed by atoms with Crippen LogP contribution < -0.4 is 21.3 Å². The quantitative estimate of drug-likeness (QED) is 0.256. The topological polar surface area (TPSA) is 132 Å². The molecule has 2 amide bonds. The number of carboxylic acids is 1. The minimum Gasteiger partial charge on any atom is -0.481 e. The first-order chi connectivity index (χ1) is 17.5. The number of benzene rings is 2. The molecule has 0 aliphatic carbocycles. The standard InChI is InChI=1S/C27H35N5O4/c33-24(9-6-10-25(34)35)32-23(26(36)28-15-4-5-16-29-27-30-17-18-31-27)19-20-11-13-22(14-12-20)21-7-2-1-3-8-21/h1-3,7-8,11-14,23H,4-6,9-10,15-19H2,(H,28,36)(H,32,33)(H,34,35)(H2,29,30,31)/t23-/m0/s1. The highest BCUT2D eigenvalue weighted by atomic mass is 16.4. The number of unbranched alkanes of at least 4 members (excludes halogenated alkanes) is 1. The highest BCUT2D eigenvalue weighted by molar-refractivity contribution is 5.88. The van der Waals surface area contributed by atoms with Gasteiger partial charge in [0.2, 0.25) is 11.8 Å². The second kappa shape index (κ2) is 14.5. The summed E-state index contributed by atoms with van der Waals surface area (Å²) in [5.74, 6) is -0.696. The molecule has 1 aliphatic rings. The van der Waals surface area contributed by atoms with Gasteiger partial charge in [-0.3, -0.25) is 19.4 Å². The van der Waals surface area contributed by atoms with E-state index in [1.807, 2.05) is 54.6 Å². The summed E-state index contributed by atoms with van der Waals surface area (Å²) in [6.07, 6.45) is 2.21. The first kappa shape index (κ1) is 26.7. The van der Waals surface area contributed by atoms with Crippen LogP contribution in [-0.4, -0.2) is 61.1 Å². The van der Waals surface area contributed by atoms with Gasteiger partial charge in [0, 0.05) is 38.9 Å². The summed E-state index contributed by atoms with van der Waals surface area (Å²) in [7, 11) is 0. The smallest absolute Gasteiger partial charge is 0.303 e. The van der Waals surface area contributed by atoms with Crippen LogP contribution in [0, 0.1) is 0 Å². The average molecular weight is 494 g/mol. The zero-order valence-electron chi connectivity index (χ0n) is 20.5. The Morgan fingerprint density at radius 1 is 0.917 bits per heavy atom. The lowest BCUT2D eigenvalue weighted by Crippen LogP contribution is -2.48. The Hall–Kier alpha value is -3.88. The molecule has 0 saturated heterocycles. The maximum atomic E-state index is 12.9. The maximum absolute atomic E-state index is 12.9. The molecule has 192 valence electrons. The molecule has 1 atom stereocenters. The molecule has 9 nitrogen and oxygen atoms in total. The van der Waals surface area contributed by atoms with Crippen LogP contribution in [0.15, 0.2) is 59.6 Å². The van der Waals surface area contributed by atoms with Crippen molar-refractivity contribution >= 4 is 23.7 Å². The maximum Gasteiger partial charge on any atom is 0.303 e. The molecule has 2 aromatic rings. The van der Waals surface area contributed by atoms with Crippen molar-refractivity contribution in [2.45, 2.75) is 44.6 Å². The van der Waals surface area contributed by atoms with Crippen LogP contribution in [0.4, 0.5) is 0 Å². The van der Waals surface area contributed by atoms with Gasteiger partial charge in [0.1, 0.15) is 6.04 Å². The molecule has 0 aromatic heterocycles. The number of nitrogens with one attached hydrogen (secondary N) is 4. The number of rotatable bonds is 14. The number of carbonyl (C=O) groups is 3. The van der Waals surface area contributed by atoms with Crippen molar-refractivity contribution < 1.29 is 19.5 Å². The highest BCUT2D eigenvalue weighted by Crippen LogP contribution is 2.19. The number of hydrogen-bond acceptors (Lipinski definition) is 6. The second-order valence-corrected chi connectivity index (χ2v) is 8.72. The third-order valence-electron chi connectivity index (χ3n) is 5.82. The fraction of sp³-hybridized carbons (Fsp3) is 0.407. The van der Waals surface area contributed by atoms with E-state index in [2.05, 4.69) is 26.3 Å². The number of nitrogens with zero attached hydrogens (tertiary/aromatic N) is 1. The molecule has 2 aromatic carbocycles. The molecule has 5 N–H and O–H groups in total. The van der Waals surface area contributed by atoms with E-state index < -0.39 is 12.0 Å². The Kier molecular flexibility index (Phi) is 10.8. The molecule has 9 heteroatoms. The number of hydrogen-bond donors (Lipinski definition) is 5. The summed E-state index contributed by atoms with van der Waals surface area (Å²) in [4.78, 5) is 40.3. The molecule has 1 heterocycles. The monoisotopic (exact) mass is 493 g/mol. The van der Waals surface area contributed by atoms with Crippen LogP contribution in [-0.2, 0) is 20.8 Å². The number of carbonyl (C=O) groups excluding carboxylic acids is 2. The highest BCUT2D eigenvalue weighted by Gasteiger charge is 2.21. The number of carboxylic acid groups (broad SMARTS) is 1. The van der Waals surface area contributed by atoms with Crippen LogP contribution in [0.5, 0.6) is 0 Å². The van der Waals surface area contributed by atoms with Crippen LogP contribution >= 0.6 is 0 Å². The van der Waals surface area contributed by atoms with Crippen molar-refractivity contribution in [3.63, 3.8) is 0 Å². The molecule has 36 heavy (non-hydrogen) atoms. The molecular formula is C27H35N5O4. The zero-order chi connectivity index (χ0) is 25.6. The van der Waals surface area contributed by atoms with E-state index in [0.29, 0.717) is 13.0 Å². The van der Waals surface area contributed by atoms with E-state index in [9.17, 15) is 14.4 Å². The summed E-state index contributed by atoms with van der Waals surface area (Å²) >= 11 is 0. The third kappa shape index (κ3) is 9.40. The number of guanidine groups is 1. The van der Waals surface area contributed by atoms with Crippen LogP contribution in [0.2, 0.25) is 0 Å². The minimum atomic E-state index is -0.944. The Bertz CT molecular complexity index is 1020. The SMILES string of the molecule is O=C(O)CCCC(=O)N[C@@H](Cc1ccc(-c2ccccc2)cc1)C(=O)NCCCCNC1=NCCN1. The molecule has 3 rings (SSSR count). The Morgan fingerprint density at radius 2 is 1.64 bits per heavy atom. The molecule has 0 spiro atoms. The van der Waals surface area contributed by atoms with Crippen molar-refractivity contribution in [1.82, 2.24) is 21.3 Å². The summed E-state index contributed by atoms with van der Waals surface area (Å²) in [5.41, 5.74) is 3.11. The summed E-state index contributed by atoms with van der Waals surface area (Å²) in [6, 6.07) is 17.2. The van der Waals surface area contributed by atoms with Gasteiger partial charge in [-0.15, -0.1) is 0 Å². The Balaban J connectivity index is 1.52. The second-order valence-electron chi connectivity index (χ2n) is 8.72. The van der Waals surface area contributed by atoms with Gasteiger partial charge in [-0.2, -0.15) is 0 Å². The van der Waals surface area contributed by atoms with E-state index in [1.165, 1.54) is 0 Å². The Labute approximate surface area is 211 Å². The molecule has 0 bridgehead atoms. The van der Waals surface area contributed by atoms with Crippen molar-refractivity contribution in [1.29, 1.82) is 0 Å². The van der Waals surface area contributed by atoms with Gasteiger partial charge in [0.05, 0.1) is 6.54 Å². The fourth-order valence-electron chi connectivity index (χ4n) is 3.88. The molecular weight excluding hydrogens is 458 g/mol. The van der Waals surface area contributed by atoms with E-state index in [-0.39, 0.29) is 31.1 Å². The predicted molar refractivity (Wildman–Crippen MR) is 140 cm³/mol. The lowest BCUT2D eigenvalue weighted by molar-refractivity contribution is -0.137. The minimum absolute atomic E-state index is 0.0621. The first-order valence-electron chi connectivity index (χ1n) is 12.5. The Morgan fingerprint density at radius 3 is 2.33 bits per heavy atom. The predicted octanol–water partition coefficient (Wildman–Crippen LogP) is 2.08. The van der Waals surface area contributed by atoms with Crippen molar-refractivity contribution in [2.75, 3.05) is 26.2 Å². The summed E-state index contributed by atoms with van der Waals surface area (Å²) < 4.78 is 0. The molecule has 0 radical (unpaired) electrons. The van der Waals surface area contributed by atoms with E-state index in [1.54, 1.807) is 0 Å². The number of aliphatic imine (C=N–C) groups is 1. The van der Waals surface area contributed by atoms with Gasteiger partial charge in [0.15, 0.2) is 5.96 Å². The number of aliphatic carboxylic acids is 1. The van der Waals surface area contributed by atoms with Gasteiger partial charge >= 0.3 is 5.97 Å². The van der Waals surface area contributed by atoms with E-state index in [0.717, 1.165) is 55.1 Å². The normalized spacial score (nSPS) is 13.3. The summed E-state index contributed by atoms with van der Waals surface area (Å²) in [5, 5.41) is 20.9. The zero-order valence-corrected chi connectivity index (χ0v) is 20.5. The van der Waals surface area contributed by atoms with Gasteiger partial charge in [-0.05, 0) is 36.0 Å². The largest absolute Gasteiger partial charge is 0.481 e. The van der Waals surface area contributed by atoms with Crippen molar-refractivity contribution in [3.05, 3.63) is 60.2 Å². The van der Waals surface area contributed by atoms with E-state index in [4.69, 9.17) is 5.11 Å². The number of amides is 2. The average Bonchev–Trinajstić information content (AvgIpc) is 3.40. The van der Waals surface area contributed by atoms with Crippen LogP contribution in [0.25, 0.3) is 11.1 Å². The van der Waals surface area contributed by atoms with Crippen molar-refractivity contribution in [3.8, 4) is 11.1 Å². The molecule has 0 fully saturated rings. The van der Waals surface area contributed by atoms with Crippen LogP contribution in [0.1, 0.15) is 37.7 Å². The summed E-state index contributed by atoms with van der Waals surface area (Å²) in [6.45, 7) is 2.91. The third-order valence-corrected chi connectivity index (χ3v) is 5.82. The molecule has 1 aliphatic heterocycles. The van der Waals surface area contributed by atoms with E-state index >= 15 is 0 Å². The van der Waals surface area contributed by atoms with Gasteiger partial charge in [0.25, 0.3) is 0 Å². The first-order valence-corrected chi connectivity index (χ1v) is 12.5. The molecule has 0 saturated carbocycles. The lowest BCUT2D eigenvalue weighted by Gasteiger charge is -2.19. The van der Waals surface area contributed by atoms with Gasteiger partial charge < -0.3 is 26.4 Å². The fourth-order valence-corrected chi connectivity index (χ4v) is 3.88. The lowest BCUT2D eigenvalue weighted by atomic mass is 10.00. The van der Waals surface area contributed by atoms with Crippen molar-refractivity contribution in [2.24, 2.45) is 4.99 Å². The van der Waals surface area contributed by atoms with Crippen LogP contribution in [0.3, 0.4) is 0 Å².